The second kappa shape index (κ2) is 5.39. The molecule has 2 atom stereocenters. The molecule has 0 heterocycles. The molecule has 1 aliphatic rings. The largest absolute Gasteiger partial charge is 0.338 e. The summed E-state index contributed by atoms with van der Waals surface area (Å²) in [6.45, 7) is 4.98. The summed E-state index contributed by atoms with van der Waals surface area (Å²) >= 11 is 3.33. The van der Waals surface area contributed by atoms with Gasteiger partial charge in [0.2, 0.25) is 5.91 Å². The average Bonchev–Trinajstić information content (AvgIpc) is 3.06. The number of hydrogen-bond donors (Lipinski definition) is 0. The van der Waals surface area contributed by atoms with Crippen molar-refractivity contribution in [1.82, 2.24) is 4.90 Å². The van der Waals surface area contributed by atoms with Gasteiger partial charge in [0.1, 0.15) is 5.82 Å². The van der Waals surface area contributed by atoms with Gasteiger partial charge in [0.15, 0.2) is 0 Å². The first-order chi connectivity index (χ1) is 8.52. The highest BCUT2D eigenvalue weighted by atomic mass is 79.9. The van der Waals surface area contributed by atoms with E-state index in [1.54, 1.807) is 17.0 Å². The molecule has 1 saturated carbocycles. The van der Waals surface area contributed by atoms with Gasteiger partial charge in [0.05, 0.1) is 0 Å². The Labute approximate surface area is 115 Å². The number of carbonyl (C=O) groups excluding carboxylic acids is 1. The first kappa shape index (κ1) is 13.5. The lowest BCUT2D eigenvalue weighted by atomic mass is 10.2. The Balaban J connectivity index is 2.10. The Morgan fingerprint density at radius 1 is 1.56 bits per heavy atom. The third-order valence-electron chi connectivity index (χ3n) is 3.49. The molecule has 0 bridgehead atoms. The van der Waals surface area contributed by atoms with Crippen LogP contribution in [0.1, 0.15) is 25.8 Å². The summed E-state index contributed by atoms with van der Waals surface area (Å²) in [7, 11) is 0. The van der Waals surface area contributed by atoms with Crippen LogP contribution in [0.4, 0.5) is 4.39 Å². The number of halogens is 2. The van der Waals surface area contributed by atoms with Gasteiger partial charge in [-0.3, -0.25) is 4.79 Å². The van der Waals surface area contributed by atoms with Crippen LogP contribution in [-0.4, -0.2) is 17.4 Å². The molecule has 0 spiro atoms. The van der Waals surface area contributed by atoms with E-state index in [1.165, 1.54) is 6.07 Å². The summed E-state index contributed by atoms with van der Waals surface area (Å²) < 4.78 is 14.5. The number of nitrogens with zero attached hydrogens (tertiary/aromatic N) is 1. The lowest BCUT2D eigenvalue weighted by molar-refractivity contribution is -0.133. The van der Waals surface area contributed by atoms with Crippen LogP contribution in [0, 0.1) is 17.7 Å². The zero-order valence-electron chi connectivity index (χ0n) is 10.6. The van der Waals surface area contributed by atoms with Crippen molar-refractivity contribution in [3.63, 3.8) is 0 Å². The van der Waals surface area contributed by atoms with Crippen LogP contribution in [0.5, 0.6) is 0 Å². The van der Waals surface area contributed by atoms with Crippen LogP contribution in [0.15, 0.2) is 22.7 Å². The Morgan fingerprint density at radius 2 is 2.22 bits per heavy atom. The third kappa shape index (κ3) is 2.91. The van der Waals surface area contributed by atoms with E-state index in [2.05, 4.69) is 22.9 Å². The minimum Gasteiger partial charge on any atom is -0.338 e. The maximum absolute atomic E-state index is 13.7. The summed E-state index contributed by atoms with van der Waals surface area (Å²) in [4.78, 5) is 13.9. The minimum absolute atomic E-state index is 0.153. The molecule has 0 aliphatic heterocycles. The number of rotatable bonds is 4. The van der Waals surface area contributed by atoms with E-state index < -0.39 is 0 Å². The molecular weight excluding hydrogens is 297 g/mol. The Hall–Kier alpha value is -0.900. The molecule has 0 radical (unpaired) electrons. The lowest BCUT2D eigenvalue weighted by Gasteiger charge is -2.21. The monoisotopic (exact) mass is 313 g/mol. The molecule has 2 rings (SSSR count). The topological polar surface area (TPSA) is 20.3 Å². The summed E-state index contributed by atoms with van der Waals surface area (Å²) in [5.74, 6) is 0.539. The summed E-state index contributed by atoms with van der Waals surface area (Å²) in [6, 6.07) is 4.83. The Kier molecular flexibility index (Phi) is 4.05. The van der Waals surface area contributed by atoms with Gasteiger partial charge in [-0.1, -0.05) is 22.9 Å². The van der Waals surface area contributed by atoms with Crippen molar-refractivity contribution in [3.05, 3.63) is 34.1 Å². The Morgan fingerprint density at radius 3 is 2.78 bits per heavy atom. The van der Waals surface area contributed by atoms with E-state index in [4.69, 9.17) is 0 Å². The lowest BCUT2D eigenvalue weighted by Crippen LogP contribution is -2.32. The smallest absolute Gasteiger partial charge is 0.226 e. The number of hydrogen-bond acceptors (Lipinski definition) is 1. The molecule has 18 heavy (non-hydrogen) atoms. The fraction of sp³-hybridized carbons (Fsp3) is 0.500. The molecule has 0 saturated heterocycles. The number of carbonyl (C=O) groups is 1. The average molecular weight is 314 g/mol. The second-order valence-corrected chi connectivity index (χ2v) is 5.82. The summed E-state index contributed by atoms with van der Waals surface area (Å²) in [5, 5.41) is 0. The molecule has 1 aromatic carbocycles. The van der Waals surface area contributed by atoms with Crippen LogP contribution < -0.4 is 0 Å². The van der Waals surface area contributed by atoms with Crippen molar-refractivity contribution >= 4 is 21.8 Å². The van der Waals surface area contributed by atoms with Crippen LogP contribution in [0.3, 0.4) is 0 Å². The molecule has 2 nitrogen and oxygen atoms in total. The number of benzene rings is 1. The van der Waals surface area contributed by atoms with E-state index in [9.17, 15) is 9.18 Å². The molecule has 1 aromatic rings. The van der Waals surface area contributed by atoms with Gasteiger partial charge in [-0.2, -0.15) is 0 Å². The van der Waals surface area contributed by atoms with Gasteiger partial charge in [0.25, 0.3) is 0 Å². The molecule has 1 aliphatic carbocycles. The minimum atomic E-state index is -0.256. The highest BCUT2D eigenvalue weighted by Gasteiger charge is 2.41. The van der Waals surface area contributed by atoms with Crippen molar-refractivity contribution in [1.29, 1.82) is 0 Å². The molecule has 0 N–H and O–H groups in total. The zero-order valence-corrected chi connectivity index (χ0v) is 12.2. The van der Waals surface area contributed by atoms with E-state index >= 15 is 0 Å². The fourth-order valence-corrected chi connectivity index (χ4v) is 2.52. The van der Waals surface area contributed by atoms with Crippen LogP contribution in [-0.2, 0) is 11.3 Å². The SMILES string of the molecule is CCN(Cc1cc(Br)ccc1F)C(=O)C1CC1C. The van der Waals surface area contributed by atoms with E-state index in [0.29, 0.717) is 24.6 Å². The first-order valence-corrected chi connectivity index (χ1v) is 7.05. The third-order valence-corrected chi connectivity index (χ3v) is 3.98. The molecule has 2 unspecified atom stereocenters. The van der Waals surface area contributed by atoms with Crippen molar-refractivity contribution in [2.24, 2.45) is 11.8 Å². The van der Waals surface area contributed by atoms with Gasteiger partial charge < -0.3 is 4.90 Å². The fourth-order valence-electron chi connectivity index (χ4n) is 2.12. The maximum Gasteiger partial charge on any atom is 0.226 e. The van der Waals surface area contributed by atoms with E-state index in [0.717, 1.165) is 10.9 Å². The molecule has 98 valence electrons. The predicted molar refractivity (Wildman–Crippen MR) is 72.5 cm³/mol. The normalized spacial score (nSPS) is 21.8. The van der Waals surface area contributed by atoms with Crippen molar-refractivity contribution in [3.8, 4) is 0 Å². The van der Waals surface area contributed by atoms with E-state index in [-0.39, 0.29) is 17.6 Å². The molecular formula is C14H17BrFNO. The van der Waals surface area contributed by atoms with Crippen LogP contribution >= 0.6 is 15.9 Å². The van der Waals surface area contributed by atoms with Crippen LogP contribution in [0.2, 0.25) is 0 Å². The summed E-state index contributed by atoms with van der Waals surface area (Å²) in [5.41, 5.74) is 0.563. The van der Waals surface area contributed by atoms with Gasteiger partial charge in [0, 0.05) is 29.0 Å². The van der Waals surface area contributed by atoms with Crippen molar-refractivity contribution in [2.45, 2.75) is 26.8 Å². The van der Waals surface area contributed by atoms with Gasteiger partial charge >= 0.3 is 0 Å². The molecule has 1 amide bonds. The predicted octanol–water partition coefficient (Wildman–Crippen LogP) is 3.59. The second-order valence-electron chi connectivity index (χ2n) is 4.91. The molecule has 0 aromatic heterocycles. The van der Waals surface area contributed by atoms with E-state index in [1.807, 2.05) is 6.92 Å². The molecule has 1 fully saturated rings. The quantitative estimate of drug-likeness (QED) is 0.832. The van der Waals surface area contributed by atoms with Crippen LogP contribution in [0.25, 0.3) is 0 Å². The van der Waals surface area contributed by atoms with Gasteiger partial charge in [-0.15, -0.1) is 0 Å². The standard InChI is InChI=1S/C14H17BrFNO/c1-3-17(14(18)12-6-9(12)2)8-10-7-11(15)4-5-13(10)16/h4-5,7,9,12H,3,6,8H2,1-2H3. The maximum atomic E-state index is 13.7. The van der Waals surface area contributed by atoms with Crippen molar-refractivity contribution in [2.75, 3.05) is 6.54 Å². The van der Waals surface area contributed by atoms with Gasteiger partial charge in [-0.05, 0) is 37.5 Å². The Bertz CT molecular complexity index is 463. The first-order valence-electron chi connectivity index (χ1n) is 6.25. The number of amides is 1. The summed E-state index contributed by atoms with van der Waals surface area (Å²) in [6.07, 6.45) is 0.969. The highest BCUT2D eigenvalue weighted by molar-refractivity contribution is 9.10. The van der Waals surface area contributed by atoms with Gasteiger partial charge in [-0.25, -0.2) is 4.39 Å². The molecule has 4 heteroatoms. The zero-order chi connectivity index (χ0) is 13.3. The highest BCUT2D eigenvalue weighted by Crippen LogP contribution is 2.39. The van der Waals surface area contributed by atoms with Crippen molar-refractivity contribution < 1.29 is 9.18 Å².